The number of hydrogen-bond acceptors (Lipinski definition) is 7. The van der Waals surface area contributed by atoms with E-state index in [0.29, 0.717) is 46.2 Å². The largest absolute Gasteiger partial charge is 0.388 e. The highest BCUT2D eigenvalue weighted by Crippen LogP contribution is 2.18. The summed E-state index contributed by atoms with van der Waals surface area (Å²) in [4.78, 5) is 0. The van der Waals surface area contributed by atoms with Gasteiger partial charge in [-0.05, 0) is 13.8 Å². The molecule has 0 amide bonds. The van der Waals surface area contributed by atoms with Crippen LogP contribution in [0.4, 0.5) is 0 Å². The molecule has 3 atom stereocenters. The maximum atomic E-state index is 9.80. The first-order chi connectivity index (χ1) is 12.0. The second-order valence-electron chi connectivity index (χ2n) is 7.08. The third-order valence-corrected chi connectivity index (χ3v) is 3.54. The van der Waals surface area contributed by atoms with E-state index in [1.807, 2.05) is 13.8 Å². The van der Waals surface area contributed by atoms with Crippen LogP contribution in [0.2, 0.25) is 0 Å². The van der Waals surface area contributed by atoms with Crippen LogP contribution in [0.25, 0.3) is 0 Å². The van der Waals surface area contributed by atoms with Crippen LogP contribution in [0.1, 0.15) is 27.7 Å². The fourth-order valence-electron chi connectivity index (χ4n) is 2.08. The van der Waals surface area contributed by atoms with E-state index in [1.165, 1.54) is 0 Å². The molecule has 1 aliphatic heterocycles. The number of rotatable bonds is 17. The van der Waals surface area contributed by atoms with Gasteiger partial charge in [-0.25, -0.2) is 0 Å². The van der Waals surface area contributed by atoms with E-state index in [0.717, 1.165) is 6.61 Å². The zero-order chi connectivity index (χ0) is 18.5. The molecule has 7 heteroatoms. The third-order valence-electron chi connectivity index (χ3n) is 3.54. The monoisotopic (exact) mass is 364 g/mol. The van der Waals surface area contributed by atoms with Gasteiger partial charge in [0, 0.05) is 18.6 Å². The molecule has 1 rings (SSSR count). The molecule has 0 aliphatic carbocycles. The van der Waals surface area contributed by atoms with Gasteiger partial charge in [0.2, 0.25) is 0 Å². The Hall–Kier alpha value is -0.280. The average molecular weight is 364 g/mol. The molecule has 1 aliphatic rings. The predicted molar refractivity (Wildman–Crippen MR) is 93.9 cm³/mol. The molecule has 0 saturated carbocycles. The van der Waals surface area contributed by atoms with E-state index in [9.17, 15) is 5.11 Å². The second-order valence-corrected chi connectivity index (χ2v) is 7.08. The molecule has 0 radical (unpaired) electrons. The summed E-state index contributed by atoms with van der Waals surface area (Å²) in [6.07, 6.45) is -0.574. The van der Waals surface area contributed by atoms with Gasteiger partial charge in [-0.3, -0.25) is 0 Å². The van der Waals surface area contributed by atoms with Crippen LogP contribution < -0.4 is 0 Å². The van der Waals surface area contributed by atoms with E-state index < -0.39 is 6.10 Å². The van der Waals surface area contributed by atoms with Crippen LogP contribution in [0.3, 0.4) is 0 Å². The number of epoxide rings is 1. The lowest BCUT2D eigenvalue weighted by atomic mass is 9.96. The first-order valence-corrected chi connectivity index (χ1v) is 9.19. The smallest absolute Gasteiger partial charge is 0.104 e. The third kappa shape index (κ3) is 12.7. The van der Waals surface area contributed by atoms with E-state index >= 15 is 0 Å². The summed E-state index contributed by atoms with van der Waals surface area (Å²) in [7, 11) is 0. The quantitative estimate of drug-likeness (QED) is 0.389. The van der Waals surface area contributed by atoms with Crippen molar-refractivity contribution < 1.29 is 33.5 Å². The molecule has 7 nitrogen and oxygen atoms in total. The van der Waals surface area contributed by atoms with Crippen molar-refractivity contribution in [1.29, 1.82) is 0 Å². The molecule has 150 valence electrons. The Morgan fingerprint density at radius 1 is 0.960 bits per heavy atom. The first kappa shape index (κ1) is 22.8. The molecule has 25 heavy (non-hydrogen) atoms. The molecule has 0 spiro atoms. The predicted octanol–water partition coefficient (Wildman–Crippen LogP) is 1.26. The molecule has 0 aromatic rings. The maximum absolute atomic E-state index is 9.80. The summed E-state index contributed by atoms with van der Waals surface area (Å²) in [5.41, 5.74) is -0.0838. The van der Waals surface area contributed by atoms with Gasteiger partial charge < -0.3 is 33.5 Å². The summed E-state index contributed by atoms with van der Waals surface area (Å²) in [5.74, 6) is 0. The lowest BCUT2D eigenvalue weighted by molar-refractivity contribution is -0.102. The summed E-state index contributed by atoms with van der Waals surface area (Å²) in [6, 6.07) is 0. The minimum absolute atomic E-state index is 0.0838. The molecule has 0 aromatic carbocycles. The number of hydrogen-bond donors (Lipinski definition) is 1. The minimum Gasteiger partial charge on any atom is -0.388 e. The van der Waals surface area contributed by atoms with Crippen molar-refractivity contribution in [1.82, 2.24) is 0 Å². The van der Waals surface area contributed by atoms with Crippen LogP contribution in [-0.4, -0.2) is 89.5 Å². The van der Waals surface area contributed by atoms with Crippen molar-refractivity contribution in [3.63, 3.8) is 0 Å². The van der Waals surface area contributed by atoms with Gasteiger partial charge in [-0.2, -0.15) is 0 Å². The topological polar surface area (TPSA) is 78.9 Å². The van der Waals surface area contributed by atoms with Crippen LogP contribution in [0, 0.1) is 5.41 Å². The summed E-state index contributed by atoms with van der Waals surface area (Å²) >= 11 is 0. The molecule has 0 bridgehead atoms. The zero-order valence-corrected chi connectivity index (χ0v) is 16.2. The Labute approximate surface area is 151 Å². The first-order valence-electron chi connectivity index (χ1n) is 9.19. The Kier molecular flexibility index (Phi) is 11.8. The van der Waals surface area contributed by atoms with E-state index in [-0.39, 0.29) is 30.8 Å². The van der Waals surface area contributed by atoms with Crippen LogP contribution >= 0.6 is 0 Å². The molecule has 1 fully saturated rings. The highest BCUT2D eigenvalue weighted by molar-refractivity contribution is 4.71. The molecule has 0 aromatic heterocycles. The summed E-state index contributed by atoms with van der Waals surface area (Å²) in [6.45, 7) is 13.2. The van der Waals surface area contributed by atoms with Gasteiger partial charge in [-0.1, -0.05) is 13.8 Å². The standard InChI is InChI=1S/C18H36O7/c1-5-20-7-15(19)8-24-16(9-21-6-2)10-22-13-18(3,4)14-23-11-17-12-25-17/h15-17,19H,5-14H2,1-4H3. The Bertz CT molecular complexity index is 321. The average Bonchev–Trinajstić information content (AvgIpc) is 3.38. The maximum Gasteiger partial charge on any atom is 0.104 e. The lowest BCUT2D eigenvalue weighted by Gasteiger charge is -2.26. The fraction of sp³-hybridized carbons (Fsp3) is 1.00. The molecular formula is C18H36O7. The summed E-state index contributed by atoms with van der Waals surface area (Å²) in [5, 5.41) is 9.80. The van der Waals surface area contributed by atoms with Crippen molar-refractivity contribution in [3.8, 4) is 0 Å². The molecule has 3 unspecified atom stereocenters. The van der Waals surface area contributed by atoms with Crippen molar-refractivity contribution in [2.75, 3.05) is 66.1 Å². The van der Waals surface area contributed by atoms with Gasteiger partial charge in [0.05, 0.1) is 52.9 Å². The minimum atomic E-state index is -0.640. The van der Waals surface area contributed by atoms with Gasteiger partial charge >= 0.3 is 0 Å². The Morgan fingerprint density at radius 3 is 2.20 bits per heavy atom. The fourth-order valence-corrected chi connectivity index (χ4v) is 2.08. The zero-order valence-electron chi connectivity index (χ0n) is 16.2. The van der Waals surface area contributed by atoms with E-state index in [4.69, 9.17) is 28.4 Å². The van der Waals surface area contributed by atoms with Gasteiger partial charge in [0.15, 0.2) is 0 Å². The van der Waals surface area contributed by atoms with Gasteiger partial charge in [-0.15, -0.1) is 0 Å². The molecule has 1 saturated heterocycles. The summed E-state index contributed by atoms with van der Waals surface area (Å²) < 4.78 is 32.9. The SMILES string of the molecule is CCOCC(O)COC(COCC)COCC(C)(C)COCC1CO1. The number of aliphatic hydroxyl groups excluding tert-OH is 1. The Balaban J connectivity index is 2.20. The van der Waals surface area contributed by atoms with Gasteiger partial charge in [0.25, 0.3) is 0 Å². The van der Waals surface area contributed by atoms with Crippen molar-refractivity contribution in [2.24, 2.45) is 5.41 Å². The van der Waals surface area contributed by atoms with Crippen molar-refractivity contribution in [3.05, 3.63) is 0 Å². The molecule has 1 N–H and O–H groups in total. The second kappa shape index (κ2) is 13.0. The van der Waals surface area contributed by atoms with E-state index in [2.05, 4.69) is 13.8 Å². The molecule has 1 heterocycles. The molecular weight excluding hydrogens is 328 g/mol. The number of ether oxygens (including phenoxy) is 6. The van der Waals surface area contributed by atoms with Gasteiger partial charge in [0.1, 0.15) is 18.3 Å². The van der Waals surface area contributed by atoms with Crippen molar-refractivity contribution in [2.45, 2.75) is 46.0 Å². The van der Waals surface area contributed by atoms with Crippen LogP contribution in [-0.2, 0) is 28.4 Å². The van der Waals surface area contributed by atoms with Crippen LogP contribution in [0.15, 0.2) is 0 Å². The van der Waals surface area contributed by atoms with Crippen molar-refractivity contribution >= 4 is 0 Å². The highest BCUT2D eigenvalue weighted by Gasteiger charge is 2.25. The Morgan fingerprint density at radius 2 is 1.56 bits per heavy atom. The van der Waals surface area contributed by atoms with Crippen LogP contribution in [0.5, 0.6) is 0 Å². The lowest BCUT2D eigenvalue weighted by Crippen LogP contribution is -2.33. The highest BCUT2D eigenvalue weighted by atomic mass is 16.6. The van der Waals surface area contributed by atoms with E-state index in [1.54, 1.807) is 0 Å². The normalized spacial score (nSPS) is 19.8. The number of aliphatic hydroxyl groups is 1.